The maximum Gasteiger partial charge on any atom is 0.319 e. The quantitative estimate of drug-likeness (QED) is 0.143. The first-order valence-electron chi connectivity index (χ1n) is 15.9. The van der Waals surface area contributed by atoms with Crippen molar-refractivity contribution in [3.8, 4) is 29.6 Å². The van der Waals surface area contributed by atoms with E-state index in [1.165, 1.54) is 17.7 Å². The number of pyridine rings is 1. The molecule has 10 heteroatoms. The molecule has 4 aromatic rings. The topological polar surface area (TPSA) is 74.7 Å². The van der Waals surface area contributed by atoms with Gasteiger partial charge in [-0.15, -0.1) is 6.42 Å². The minimum Gasteiger partial charge on any atom is -0.461 e. The van der Waals surface area contributed by atoms with Gasteiger partial charge in [-0.25, -0.2) is 8.78 Å². The van der Waals surface area contributed by atoms with Crippen LogP contribution in [0.5, 0.6) is 6.01 Å². The number of carbonyl (C=O) groups is 1. The van der Waals surface area contributed by atoms with Crippen molar-refractivity contribution in [2.75, 3.05) is 38.2 Å². The summed E-state index contributed by atoms with van der Waals surface area (Å²) in [6, 6.07) is 7.93. The van der Waals surface area contributed by atoms with Crippen molar-refractivity contribution in [2.45, 2.75) is 50.2 Å². The van der Waals surface area contributed by atoms with Crippen molar-refractivity contribution in [3.63, 3.8) is 0 Å². The molecule has 240 valence electrons. The third-order valence-corrected chi connectivity index (χ3v) is 10.2. The molecule has 2 aromatic carbocycles. The summed E-state index contributed by atoms with van der Waals surface area (Å²) >= 11 is 0. The minimum absolute atomic E-state index is 0.00639. The van der Waals surface area contributed by atoms with Crippen LogP contribution >= 0.6 is 0 Å². The van der Waals surface area contributed by atoms with Crippen molar-refractivity contribution in [1.29, 1.82) is 0 Å². The summed E-state index contributed by atoms with van der Waals surface area (Å²) in [5.74, 6) is 1.47. The van der Waals surface area contributed by atoms with E-state index in [1.807, 2.05) is 18.9 Å². The van der Waals surface area contributed by atoms with Crippen molar-refractivity contribution >= 4 is 33.4 Å². The van der Waals surface area contributed by atoms with Gasteiger partial charge in [-0.3, -0.25) is 14.7 Å². The second kappa shape index (κ2) is 11.7. The van der Waals surface area contributed by atoms with E-state index in [0.717, 1.165) is 32.4 Å². The fourth-order valence-corrected chi connectivity index (χ4v) is 7.91. The Morgan fingerprint density at radius 1 is 1.26 bits per heavy atom. The van der Waals surface area contributed by atoms with E-state index >= 15 is 4.39 Å². The molecule has 0 N–H and O–H groups in total. The van der Waals surface area contributed by atoms with Crippen molar-refractivity contribution < 1.29 is 18.3 Å². The van der Waals surface area contributed by atoms with Crippen LogP contribution in [0.1, 0.15) is 38.2 Å². The zero-order valence-corrected chi connectivity index (χ0v) is 26.6. The Bertz CT molecular complexity index is 2010. The molecule has 0 unspecified atom stereocenters. The van der Waals surface area contributed by atoms with E-state index in [-0.39, 0.29) is 46.3 Å². The number of likely N-dealkylation sites (N-methyl/N-ethyl adjacent to an activating group) is 1. The summed E-state index contributed by atoms with van der Waals surface area (Å²) in [6.07, 6.45) is 12.1. The number of likely N-dealkylation sites (tertiary alicyclic amines) is 1. The molecule has 3 aliphatic rings. The Labute approximate surface area is 272 Å². The smallest absolute Gasteiger partial charge is 0.319 e. The lowest BCUT2D eigenvalue weighted by Gasteiger charge is -2.32. The average Bonchev–Trinajstić information content (AvgIpc) is 3.74. The summed E-state index contributed by atoms with van der Waals surface area (Å²) in [6.45, 7) is 12.6. The predicted octanol–water partition coefficient (Wildman–Crippen LogP) is 5.89. The molecule has 3 aliphatic heterocycles. The molecule has 7 rings (SSSR count). The Morgan fingerprint density at radius 2 is 2.09 bits per heavy atom. The molecule has 3 atom stereocenters. The second-order valence-corrected chi connectivity index (χ2v) is 12.9. The zero-order valence-electron chi connectivity index (χ0n) is 26.6. The Balaban J connectivity index is 1.36. The number of anilines is 1. The number of amides is 1. The minimum atomic E-state index is -0.693. The van der Waals surface area contributed by atoms with Crippen molar-refractivity contribution in [2.24, 2.45) is 0 Å². The molecule has 47 heavy (non-hydrogen) atoms. The fraction of sp³-hybridized carbons (Fsp3) is 0.351. The fourth-order valence-electron chi connectivity index (χ4n) is 7.91. The van der Waals surface area contributed by atoms with Crippen LogP contribution in [-0.2, 0) is 4.79 Å². The van der Waals surface area contributed by atoms with E-state index in [1.54, 1.807) is 35.4 Å². The van der Waals surface area contributed by atoms with Crippen LogP contribution in [0, 0.1) is 24.0 Å². The largest absolute Gasteiger partial charge is 0.461 e. The van der Waals surface area contributed by atoms with Gasteiger partial charge in [0.1, 0.15) is 29.5 Å². The number of hydrogen-bond donors (Lipinski definition) is 0. The van der Waals surface area contributed by atoms with Gasteiger partial charge in [0.15, 0.2) is 5.82 Å². The van der Waals surface area contributed by atoms with Crippen LogP contribution in [0.25, 0.3) is 32.9 Å². The third kappa shape index (κ3) is 5.01. The van der Waals surface area contributed by atoms with Gasteiger partial charge < -0.3 is 14.5 Å². The predicted molar refractivity (Wildman–Crippen MR) is 179 cm³/mol. The van der Waals surface area contributed by atoms with Crippen molar-refractivity contribution in [3.05, 3.63) is 78.5 Å². The molecule has 0 spiro atoms. The van der Waals surface area contributed by atoms with Crippen LogP contribution in [-0.4, -0.2) is 81.6 Å². The van der Waals surface area contributed by atoms with Gasteiger partial charge in [-0.05, 0) is 56.7 Å². The standard InChI is InChI=1S/C37H36F2N6O2/c1-6-25-28(38)13-12-24-10-8-11-26(31(24)25)33-32(39)34-27(19-40-33)35(43(5)29-14-17-45(23(29)4)30(46)7-2)42-36(41-34)47-21-37-15-9-16-44(37)20-22(3)18-37/h1,7-8,10-13,19,23,29H,2-3,9,14-18,20-21H2,4-5H3/t23-,29-,37+/m1/s1. The van der Waals surface area contributed by atoms with Crippen LogP contribution in [0.15, 0.2) is 61.3 Å². The van der Waals surface area contributed by atoms with Crippen LogP contribution in [0.4, 0.5) is 14.6 Å². The number of fused-ring (bicyclic) bond motifs is 3. The Morgan fingerprint density at radius 3 is 2.87 bits per heavy atom. The highest BCUT2D eigenvalue weighted by Crippen LogP contribution is 2.42. The zero-order chi connectivity index (χ0) is 33.0. The van der Waals surface area contributed by atoms with Gasteiger partial charge >= 0.3 is 6.01 Å². The first-order chi connectivity index (χ1) is 22.7. The van der Waals surface area contributed by atoms with Crippen LogP contribution in [0.3, 0.4) is 0 Å². The monoisotopic (exact) mass is 634 g/mol. The summed E-state index contributed by atoms with van der Waals surface area (Å²) in [7, 11) is 1.88. The van der Waals surface area contributed by atoms with Gasteiger partial charge in [-0.2, -0.15) is 9.97 Å². The van der Waals surface area contributed by atoms with E-state index in [0.29, 0.717) is 47.1 Å². The maximum absolute atomic E-state index is 16.9. The van der Waals surface area contributed by atoms with E-state index in [9.17, 15) is 9.18 Å². The molecule has 3 saturated heterocycles. The maximum atomic E-state index is 16.9. The van der Waals surface area contributed by atoms with Gasteiger partial charge in [0.05, 0.1) is 22.5 Å². The second-order valence-electron chi connectivity index (χ2n) is 12.9. The highest BCUT2D eigenvalue weighted by molar-refractivity contribution is 6.02. The van der Waals surface area contributed by atoms with E-state index < -0.39 is 11.6 Å². The number of ether oxygens (including phenoxy) is 1. The highest BCUT2D eigenvalue weighted by Gasteiger charge is 2.46. The van der Waals surface area contributed by atoms with Gasteiger partial charge in [-0.1, -0.05) is 48.9 Å². The number of aromatic nitrogens is 3. The van der Waals surface area contributed by atoms with E-state index in [4.69, 9.17) is 16.1 Å². The number of nitrogens with zero attached hydrogens (tertiary/aromatic N) is 6. The SMILES string of the molecule is C#Cc1c(F)ccc2cccc(-c3ncc4c(N(C)[C@@H]5CCN(C(=O)C=C)[C@@H]5C)nc(OC[C@@]56CCCN5CC(=C)C6)nc4c3F)c12. The molecule has 1 amide bonds. The molecular formula is C37H36F2N6O2. The van der Waals surface area contributed by atoms with Gasteiger partial charge in [0.2, 0.25) is 5.91 Å². The first kappa shape index (κ1) is 30.8. The molecule has 0 saturated carbocycles. The average molecular weight is 635 g/mol. The summed E-state index contributed by atoms with van der Waals surface area (Å²) in [5.41, 5.74) is 1.40. The molecular weight excluding hydrogens is 598 g/mol. The first-order valence-corrected chi connectivity index (χ1v) is 15.9. The summed E-state index contributed by atoms with van der Waals surface area (Å²) in [5, 5.41) is 1.45. The Hall–Kier alpha value is -4.88. The summed E-state index contributed by atoms with van der Waals surface area (Å²) < 4.78 is 38.1. The lowest BCUT2D eigenvalue weighted by atomic mass is 9.94. The van der Waals surface area contributed by atoms with Gasteiger partial charge in [0.25, 0.3) is 0 Å². The Kier molecular flexibility index (Phi) is 7.68. The van der Waals surface area contributed by atoms with Crippen LogP contribution < -0.4 is 9.64 Å². The number of rotatable bonds is 7. The lowest BCUT2D eigenvalue weighted by molar-refractivity contribution is -0.126. The number of terminal acetylenes is 1. The number of hydrogen-bond acceptors (Lipinski definition) is 7. The lowest BCUT2D eigenvalue weighted by Crippen LogP contribution is -2.44. The number of benzene rings is 2. The number of halogens is 2. The molecule has 2 aromatic heterocycles. The molecule has 0 aliphatic carbocycles. The van der Waals surface area contributed by atoms with Crippen LogP contribution in [0.2, 0.25) is 0 Å². The van der Waals surface area contributed by atoms with Crippen molar-refractivity contribution in [1.82, 2.24) is 24.8 Å². The van der Waals surface area contributed by atoms with Gasteiger partial charge in [0, 0.05) is 43.3 Å². The molecule has 0 bridgehead atoms. The highest BCUT2D eigenvalue weighted by atomic mass is 19.1. The summed E-state index contributed by atoms with van der Waals surface area (Å²) in [4.78, 5) is 32.7. The number of carbonyl (C=O) groups excluding carboxylic acids is 1. The molecule has 5 heterocycles. The molecule has 0 radical (unpaired) electrons. The molecule has 3 fully saturated rings. The normalized spacial score (nSPS) is 22.5. The van der Waals surface area contributed by atoms with E-state index in [2.05, 4.69) is 33.9 Å². The third-order valence-electron chi connectivity index (χ3n) is 10.2. The molecule has 8 nitrogen and oxygen atoms in total.